The van der Waals surface area contributed by atoms with Crippen molar-refractivity contribution in [2.24, 2.45) is 5.41 Å². The molecular formula is C29H37ClN4O5. The van der Waals surface area contributed by atoms with Crippen molar-refractivity contribution in [3.05, 3.63) is 64.3 Å². The van der Waals surface area contributed by atoms with E-state index in [2.05, 4.69) is 29.0 Å². The highest BCUT2D eigenvalue weighted by Gasteiger charge is 2.58. The number of hydrogen-bond acceptors (Lipinski definition) is 8. The molecule has 210 valence electrons. The molecule has 0 saturated carbocycles. The summed E-state index contributed by atoms with van der Waals surface area (Å²) in [6, 6.07) is 7.33. The fourth-order valence-electron chi connectivity index (χ4n) is 4.91. The molecule has 1 atom stereocenters. The molecule has 39 heavy (non-hydrogen) atoms. The van der Waals surface area contributed by atoms with Crippen LogP contribution in [0, 0.1) is 5.41 Å². The molecule has 1 fully saturated rings. The average Bonchev–Trinajstić information content (AvgIpc) is 3.31. The molecule has 1 aromatic carbocycles. The van der Waals surface area contributed by atoms with Crippen LogP contribution >= 0.6 is 11.6 Å². The van der Waals surface area contributed by atoms with Crippen LogP contribution in [0.25, 0.3) is 11.4 Å². The number of carbonyl (C=O) groups is 1. The summed E-state index contributed by atoms with van der Waals surface area (Å²) in [7, 11) is 0. The second-order valence-electron chi connectivity index (χ2n) is 12.4. The maximum atomic E-state index is 12.8. The van der Waals surface area contributed by atoms with Gasteiger partial charge in [0.25, 0.3) is 5.89 Å². The van der Waals surface area contributed by atoms with Gasteiger partial charge in [-0.1, -0.05) is 49.7 Å². The predicted octanol–water partition coefficient (Wildman–Crippen LogP) is 5.63. The summed E-state index contributed by atoms with van der Waals surface area (Å²) in [6.07, 6.45) is 2.72. The van der Waals surface area contributed by atoms with Crippen LogP contribution in [0.3, 0.4) is 0 Å². The van der Waals surface area contributed by atoms with E-state index in [-0.39, 0.29) is 30.7 Å². The predicted molar refractivity (Wildman–Crippen MR) is 147 cm³/mol. The van der Waals surface area contributed by atoms with Crippen molar-refractivity contribution in [2.75, 3.05) is 13.1 Å². The van der Waals surface area contributed by atoms with Crippen LogP contribution < -0.4 is 0 Å². The second kappa shape index (κ2) is 9.87. The third-order valence-electron chi connectivity index (χ3n) is 7.01. The average molecular weight is 557 g/mol. The van der Waals surface area contributed by atoms with Crippen LogP contribution in [0.4, 0.5) is 4.79 Å². The Bertz CT molecular complexity index is 1370. The first-order valence-electron chi connectivity index (χ1n) is 13.0. The Balaban J connectivity index is 1.79. The minimum Gasteiger partial charge on any atom is -0.444 e. The highest BCUT2D eigenvalue weighted by molar-refractivity contribution is 6.31. The van der Waals surface area contributed by atoms with Crippen molar-refractivity contribution in [3.63, 3.8) is 0 Å². The van der Waals surface area contributed by atoms with Gasteiger partial charge >= 0.3 is 6.09 Å². The number of likely N-dealkylation sites (tertiary alicyclic amines) is 1. The second-order valence-corrected chi connectivity index (χ2v) is 12.9. The molecule has 1 aliphatic rings. The minimum absolute atomic E-state index is 0.0631. The van der Waals surface area contributed by atoms with Gasteiger partial charge < -0.3 is 24.4 Å². The van der Waals surface area contributed by atoms with Crippen molar-refractivity contribution in [1.29, 1.82) is 0 Å². The maximum absolute atomic E-state index is 12.8. The molecule has 1 aliphatic heterocycles. The summed E-state index contributed by atoms with van der Waals surface area (Å²) in [6.45, 7) is 15.1. The van der Waals surface area contributed by atoms with E-state index >= 15 is 0 Å². The topological polar surface area (TPSA) is 122 Å². The van der Waals surface area contributed by atoms with Crippen LogP contribution in [0.2, 0.25) is 5.02 Å². The van der Waals surface area contributed by atoms with Crippen LogP contribution in [-0.2, 0) is 15.9 Å². The number of amides is 1. The molecular weight excluding hydrogens is 520 g/mol. The van der Waals surface area contributed by atoms with Gasteiger partial charge in [-0.15, -0.1) is 0 Å². The molecule has 0 bridgehead atoms. The summed E-state index contributed by atoms with van der Waals surface area (Å²) in [5.74, 6) is 0.495. The van der Waals surface area contributed by atoms with E-state index < -0.39 is 28.3 Å². The Labute approximate surface area is 234 Å². The van der Waals surface area contributed by atoms with Crippen molar-refractivity contribution >= 4 is 17.7 Å². The Kier molecular flexibility index (Phi) is 7.34. The first-order valence-corrected chi connectivity index (χ1v) is 13.3. The van der Waals surface area contributed by atoms with Crippen molar-refractivity contribution in [2.45, 2.75) is 78.1 Å². The SMILES string of the molecule is CC(C)c1ccc([C@](O)(c2cncc(-c3noc(C(C)(C)O)n3)c2)C2(C)CN(C(=O)OC(C)(C)C)C2)cc1Cl. The Morgan fingerprint density at radius 1 is 1.10 bits per heavy atom. The number of aromatic nitrogens is 3. The smallest absolute Gasteiger partial charge is 0.410 e. The highest BCUT2D eigenvalue weighted by Crippen LogP contribution is 2.51. The monoisotopic (exact) mass is 556 g/mol. The van der Waals surface area contributed by atoms with E-state index in [9.17, 15) is 15.0 Å². The quantitative estimate of drug-likeness (QED) is 0.400. The molecule has 9 nitrogen and oxygen atoms in total. The number of benzene rings is 1. The van der Waals surface area contributed by atoms with Gasteiger partial charge in [0.1, 0.15) is 16.8 Å². The van der Waals surface area contributed by atoms with Gasteiger partial charge in [0.2, 0.25) is 5.82 Å². The van der Waals surface area contributed by atoms with E-state index in [1.165, 1.54) is 0 Å². The normalized spacial score (nSPS) is 17.1. The Morgan fingerprint density at radius 2 is 1.77 bits per heavy atom. The molecule has 1 saturated heterocycles. The number of pyridine rings is 1. The van der Waals surface area contributed by atoms with E-state index in [1.54, 1.807) is 43.3 Å². The molecule has 2 N–H and O–H groups in total. The molecule has 4 rings (SSSR count). The number of hydrogen-bond donors (Lipinski definition) is 2. The molecule has 0 radical (unpaired) electrons. The molecule has 0 unspecified atom stereocenters. The van der Waals surface area contributed by atoms with Crippen LogP contribution in [-0.4, -0.2) is 55.0 Å². The first kappa shape index (κ1) is 29.0. The highest BCUT2D eigenvalue weighted by atomic mass is 35.5. The molecule has 3 aromatic rings. The molecule has 0 spiro atoms. The third-order valence-corrected chi connectivity index (χ3v) is 7.34. The number of nitrogens with zero attached hydrogens (tertiary/aromatic N) is 4. The zero-order valence-electron chi connectivity index (χ0n) is 23.7. The number of halogens is 1. The zero-order valence-corrected chi connectivity index (χ0v) is 24.5. The molecule has 2 aromatic heterocycles. The van der Waals surface area contributed by atoms with Gasteiger partial charge in [-0.05, 0) is 63.8 Å². The standard InChI is InChI=1S/C29H37ClN4O5/c1-17(2)21-10-9-19(12-22(21)30)29(37,28(8)15-34(16-28)25(35)38-26(3,4)5)20-11-18(13-31-14-20)23-32-24(39-33-23)27(6,7)36/h9-14,17,36-37H,15-16H2,1-8H3/t29-/m0/s1. The Hall–Kier alpha value is -3.01. The maximum Gasteiger partial charge on any atom is 0.410 e. The first-order chi connectivity index (χ1) is 17.9. The third kappa shape index (κ3) is 5.53. The lowest BCUT2D eigenvalue weighted by atomic mass is 9.62. The van der Waals surface area contributed by atoms with Gasteiger partial charge in [0.15, 0.2) is 0 Å². The summed E-state index contributed by atoms with van der Waals surface area (Å²) >= 11 is 6.69. The van der Waals surface area contributed by atoms with E-state index in [0.717, 1.165) is 5.56 Å². The zero-order chi connectivity index (χ0) is 29.0. The molecule has 1 amide bonds. The van der Waals surface area contributed by atoms with Gasteiger partial charge in [-0.2, -0.15) is 4.98 Å². The van der Waals surface area contributed by atoms with E-state index in [1.807, 2.05) is 39.8 Å². The van der Waals surface area contributed by atoms with Crippen molar-refractivity contribution < 1.29 is 24.3 Å². The number of ether oxygens (including phenoxy) is 1. The number of rotatable bonds is 6. The lowest BCUT2D eigenvalue weighted by Crippen LogP contribution is -2.66. The van der Waals surface area contributed by atoms with Crippen molar-refractivity contribution in [3.8, 4) is 11.4 Å². The van der Waals surface area contributed by atoms with E-state index in [4.69, 9.17) is 20.9 Å². The van der Waals surface area contributed by atoms with Crippen LogP contribution in [0.1, 0.15) is 83.9 Å². The van der Waals surface area contributed by atoms with Crippen LogP contribution in [0.5, 0.6) is 0 Å². The summed E-state index contributed by atoms with van der Waals surface area (Å²) < 4.78 is 10.8. The van der Waals surface area contributed by atoms with Gasteiger partial charge in [0, 0.05) is 47.0 Å². The Morgan fingerprint density at radius 3 is 2.31 bits per heavy atom. The summed E-state index contributed by atoms with van der Waals surface area (Å²) in [5.41, 5.74) is -1.81. The summed E-state index contributed by atoms with van der Waals surface area (Å²) in [4.78, 5) is 23.0. The van der Waals surface area contributed by atoms with Gasteiger partial charge in [-0.3, -0.25) is 4.98 Å². The van der Waals surface area contributed by atoms with E-state index in [0.29, 0.717) is 21.7 Å². The number of aliphatic hydroxyl groups is 2. The lowest BCUT2D eigenvalue weighted by Gasteiger charge is -2.56. The van der Waals surface area contributed by atoms with Gasteiger partial charge in [0.05, 0.1) is 0 Å². The van der Waals surface area contributed by atoms with Crippen LogP contribution in [0.15, 0.2) is 41.2 Å². The fraction of sp³-hybridized carbons (Fsp3) is 0.517. The minimum atomic E-state index is -1.59. The molecule has 0 aliphatic carbocycles. The largest absolute Gasteiger partial charge is 0.444 e. The van der Waals surface area contributed by atoms with Gasteiger partial charge in [-0.25, -0.2) is 4.79 Å². The lowest BCUT2D eigenvalue weighted by molar-refractivity contribution is -0.131. The molecule has 10 heteroatoms. The molecule has 3 heterocycles. The summed E-state index contributed by atoms with van der Waals surface area (Å²) in [5, 5.41) is 27.4. The fourth-order valence-corrected chi connectivity index (χ4v) is 5.31. The van der Waals surface area contributed by atoms with Crippen molar-refractivity contribution in [1.82, 2.24) is 20.0 Å². The number of carbonyl (C=O) groups excluding carboxylic acids is 1.